The second-order valence-electron chi connectivity index (χ2n) is 7.24. The zero-order chi connectivity index (χ0) is 19.1. The molecule has 2 amide bonds. The number of nitrogens with zero attached hydrogens (tertiary/aromatic N) is 2. The number of amides is 2. The van der Waals surface area contributed by atoms with Crippen LogP contribution in [0, 0.1) is 11.7 Å². The minimum atomic E-state index is -0.253. The Balaban J connectivity index is 1.37. The SMILES string of the molecule is O=C(CN1CCCN(C(=O)C2CCOC2)CC1)NCCc1ccc(F)cc1. The quantitative estimate of drug-likeness (QED) is 0.805. The second kappa shape index (κ2) is 9.80. The predicted octanol–water partition coefficient (Wildman–Crippen LogP) is 1.06. The Morgan fingerprint density at radius 3 is 2.70 bits per heavy atom. The summed E-state index contributed by atoms with van der Waals surface area (Å²) < 4.78 is 18.2. The number of benzene rings is 1. The molecule has 1 aromatic rings. The molecule has 27 heavy (non-hydrogen) atoms. The summed E-state index contributed by atoms with van der Waals surface area (Å²) >= 11 is 0. The van der Waals surface area contributed by atoms with E-state index < -0.39 is 0 Å². The van der Waals surface area contributed by atoms with Crippen LogP contribution < -0.4 is 5.32 Å². The zero-order valence-corrected chi connectivity index (χ0v) is 15.7. The summed E-state index contributed by atoms with van der Waals surface area (Å²) in [7, 11) is 0. The molecule has 0 aromatic heterocycles. The standard InChI is InChI=1S/C20H28FN3O3/c21-18-4-2-16(3-5-18)6-8-22-19(25)14-23-9-1-10-24(12-11-23)20(26)17-7-13-27-15-17/h2-5,17H,1,6-15H2,(H,22,25). The van der Waals surface area contributed by atoms with Gasteiger partial charge >= 0.3 is 0 Å². The van der Waals surface area contributed by atoms with Crippen LogP contribution in [0.4, 0.5) is 4.39 Å². The van der Waals surface area contributed by atoms with E-state index in [0.29, 0.717) is 45.8 Å². The third kappa shape index (κ3) is 6.01. The molecule has 0 spiro atoms. The monoisotopic (exact) mass is 377 g/mol. The summed E-state index contributed by atoms with van der Waals surface area (Å²) in [6.45, 7) is 5.03. The molecule has 7 heteroatoms. The minimum Gasteiger partial charge on any atom is -0.381 e. The molecule has 6 nitrogen and oxygen atoms in total. The fourth-order valence-corrected chi connectivity index (χ4v) is 3.59. The number of nitrogens with one attached hydrogen (secondary N) is 1. The van der Waals surface area contributed by atoms with Gasteiger partial charge in [-0.15, -0.1) is 0 Å². The Bertz CT molecular complexity index is 632. The molecule has 1 aromatic carbocycles. The van der Waals surface area contributed by atoms with E-state index in [9.17, 15) is 14.0 Å². The molecule has 0 radical (unpaired) electrons. The molecule has 2 saturated heterocycles. The van der Waals surface area contributed by atoms with E-state index in [1.165, 1.54) is 12.1 Å². The molecule has 0 aliphatic carbocycles. The van der Waals surface area contributed by atoms with Gasteiger partial charge in [-0.1, -0.05) is 12.1 Å². The van der Waals surface area contributed by atoms with Gasteiger partial charge in [-0.05, 0) is 37.0 Å². The van der Waals surface area contributed by atoms with E-state index in [-0.39, 0.29) is 23.5 Å². The topological polar surface area (TPSA) is 61.9 Å². The summed E-state index contributed by atoms with van der Waals surface area (Å²) in [4.78, 5) is 28.7. The Hall–Kier alpha value is -1.99. The molecule has 2 fully saturated rings. The molecule has 148 valence electrons. The van der Waals surface area contributed by atoms with Gasteiger partial charge in [0.05, 0.1) is 19.1 Å². The molecule has 1 unspecified atom stereocenters. The van der Waals surface area contributed by atoms with Crippen LogP contribution in [0.15, 0.2) is 24.3 Å². The summed E-state index contributed by atoms with van der Waals surface area (Å²) in [6.07, 6.45) is 2.37. The highest BCUT2D eigenvalue weighted by Crippen LogP contribution is 2.17. The van der Waals surface area contributed by atoms with Crippen molar-refractivity contribution in [3.63, 3.8) is 0 Å². The van der Waals surface area contributed by atoms with Gasteiger partial charge < -0.3 is 15.0 Å². The van der Waals surface area contributed by atoms with Gasteiger partial charge in [0.15, 0.2) is 0 Å². The van der Waals surface area contributed by atoms with Gasteiger partial charge in [0.1, 0.15) is 5.82 Å². The zero-order valence-electron chi connectivity index (χ0n) is 15.7. The third-order valence-corrected chi connectivity index (χ3v) is 5.20. The lowest BCUT2D eigenvalue weighted by Gasteiger charge is -2.24. The van der Waals surface area contributed by atoms with E-state index in [2.05, 4.69) is 10.2 Å². The highest BCUT2D eigenvalue weighted by atomic mass is 19.1. The number of ether oxygens (including phenoxy) is 1. The normalized spacial score (nSPS) is 21.1. The number of rotatable bonds is 6. The van der Waals surface area contributed by atoms with Crippen molar-refractivity contribution in [3.05, 3.63) is 35.6 Å². The highest BCUT2D eigenvalue weighted by Gasteiger charge is 2.29. The number of hydrogen-bond donors (Lipinski definition) is 1. The van der Waals surface area contributed by atoms with Crippen molar-refractivity contribution < 1.29 is 18.7 Å². The van der Waals surface area contributed by atoms with Crippen LogP contribution in [0.5, 0.6) is 0 Å². The lowest BCUT2D eigenvalue weighted by molar-refractivity contribution is -0.135. The summed E-state index contributed by atoms with van der Waals surface area (Å²) in [6, 6.07) is 6.33. The van der Waals surface area contributed by atoms with Crippen LogP contribution in [0.1, 0.15) is 18.4 Å². The van der Waals surface area contributed by atoms with Crippen molar-refractivity contribution in [3.8, 4) is 0 Å². The molecule has 2 aliphatic rings. The van der Waals surface area contributed by atoms with E-state index in [4.69, 9.17) is 4.74 Å². The smallest absolute Gasteiger partial charge is 0.234 e. The molecule has 1 N–H and O–H groups in total. The van der Waals surface area contributed by atoms with Gasteiger partial charge in [-0.3, -0.25) is 14.5 Å². The fourth-order valence-electron chi connectivity index (χ4n) is 3.59. The van der Waals surface area contributed by atoms with Crippen LogP contribution in [0.25, 0.3) is 0 Å². The van der Waals surface area contributed by atoms with Crippen LogP contribution >= 0.6 is 0 Å². The minimum absolute atomic E-state index is 0.00584. The van der Waals surface area contributed by atoms with Crippen molar-refractivity contribution >= 4 is 11.8 Å². The van der Waals surface area contributed by atoms with Crippen molar-refractivity contribution in [1.82, 2.24) is 15.1 Å². The van der Waals surface area contributed by atoms with Gasteiger partial charge in [-0.2, -0.15) is 0 Å². The van der Waals surface area contributed by atoms with Crippen molar-refractivity contribution in [2.24, 2.45) is 5.92 Å². The first-order chi connectivity index (χ1) is 13.1. The highest BCUT2D eigenvalue weighted by molar-refractivity contribution is 5.79. The van der Waals surface area contributed by atoms with E-state index in [1.807, 2.05) is 4.90 Å². The first-order valence-electron chi connectivity index (χ1n) is 9.72. The van der Waals surface area contributed by atoms with Gasteiger partial charge in [0, 0.05) is 39.3 Å². The summed E-state index contributed by atoms with van der Waals surface area (Å²) in [5, 5.41) is 2.92. The van der Waals surface area contributed by atoms with Crippen LogP contribution in [0.2, 0.25) is 0 Å². The average molecular weight is 377 g/mol. The molecular weight excluding hydrogens is 349 g/mol. The average Bonchev–Trinajstić information content (AvgIpc) is 3.10. The fraction of sp³-hybridized carbons (Fsp3) is 0.600. The molecule has 2 heterocycles. The molecular formula is C20H28FN3O3. The Kier molecular flexibility index (Phi) is 7.18. The lowest BCUT2D eigenvalue weighted by atomic mass is 10.1. The van der Waals surface area contributed by atoms with Crippen LogP contribution in [0.3, 0.4) is 0 Å². The van der Waals surface area contributed by atoms with E-state index in [0.717, 1.165) is 31.5 Å². The number of carbonyl (C=O) groups is 2. The Labute approximate surface area is 159 Å². The summed E-state index contributed by atoms with van der Waals surface area (Å²) in [5.41, 5.74) is 0.997. The van der Waals surface area contributed by atoms with Crippen LogP contribution in [-0.4, -0.2) is 74.1 Å². The molecule has 2 aliphatic heterocycles. The van der Waals surface area contributed by atoms with Crippen molar-refractivity contribution in [2.75, 3.05) is 52.5 Å². The lowest BCUT2D eigenvalue weighted by Crippen LogP contribution is -2.41. The van der Waals surface area contributed by atoms with E-state index in [1.54, 1.807) is 12.1 Å². The van der Waals surface area contributed by atoms with Crippen LogP contribution in [-0.2, 0) is 20.7 Å². The van der Waals surface area contributed by atoms with Gasteiger partial charge in [0.25, 0.3) is 0 Å². The van der Waals surface area contributed by atoms with Crippen molar-refractivity contribution in [2.45, 2.75) is 19.3 Å². The molecule has 3 rings (SSSR count). The van der Waals surface area contributed by atoms with Gasteiger partial charge in [-0.25, -0.2) is 4.39 Å². The van der Waals surface area contributed by atoms with Crippen molar-refractivity contribution in [1.29, 1.82) is 0 Å². The third-order valence-electron chi connectivity index (χ3n) is 5.20. The number of halogens is 1. The maximum Gasteiger partial charge on any atom is 0.234 e. The van der Waals surface area contributed by atoms with Gasteiger partial charge in [0.2, 0.25) is 11.8 Å². The molecule has 1 atom stereocenters. The first kappa shape index (κ1) is 19.8. The number of hydrogen-bond acceptors (Lipinski definition) is 4. The Morgan fingerprint density at radius 1 is 1.15 bits per heavy atom. The predicted molar refractivity (Wildman–Crippen MR) is 99.7 cm³/mol. The second-order valence-corrected chi connectivity index (χ2v) is 7.24. The van der Waals surface area contributed by atoms with E-state index >= 15 is 0 Å². The molecule has 0 saturated carbocycles. The maximum atomic E-state index is 12.9. The number of carbonyl (C=O) groups excluding carboxylic acids is 2. The summed E-state index contributed by atoms with van der Waals surface area (Å²) in [5.74, 6) is -0.0672. The maximum absolute atomic E-state index is 12.9. The first-order valence-corrected chi connectivity index (χ1v) is 9.72. The molecule has 0 bridgehead atoms. The Morgan fingerprint density at radius 2 is 1.96 bits per heavy atom. The largest absolute Gasteiger partial charge is 0.381 e.